The van der Waals surface area contributed by atoms with Crippen molar-refractivity contribution >= 4 is 43.2 Å². The van der Waals surface area contributed by atoms with E-state index in [2.05, 4.69) is 35.6 Å². The highest BCUT2D eigenvalue weighted by molar-refractivity contribution is 9.10. The Labute approximate surface area is 123 Å². The van der Waals surface area contributed by atoms with Crippen molar-refractivity contribution in [2.45, 2.75) is 18.4 Å². The lowest BCUT2D eigenvalue weighted by molar-refractivity contribution is 0.598. The Kier molecular flexibility index (Phi) is 4.12. The number of hydrogen-bond donors (Lipinski definition) is 2. The van der Waals surface area contributed by atoms with Crippen LogP contribution in [-0.2, 0) is 16.4 Å². The summed E-state index contributed by atoms with van der Waals surface area (Å²) in [6, 6.07) is 1.53. The molecule has 0 saturated heterocycles. The summed E-state index contributed by atoms with van der Waals surface area (Å²) in [5.74, 6) is 0.596. The third-order valence-electron chi connectivity index (χ3n) is 2.28. The van der Waals surface area contributed by atoms with Crippen LogP contribution < -0.4 is 4.72 Å². The number of imidazole rings is 1. The highest BCUT2D eigenvalue weighted by atomic mass is 79.9. The van der Waals surface area contributed by atoms with E-state index in [4.69, 9.17) is 11.6 Å². The highest BCUT2D eigenvalue weighted by Gasteiger charge is 2.19. The zero-order valence-corrected chi connectivity index (χ0v) is 13.0. The lowest BCUT2D eigenvalue weighted by Gasteiger charge is -2.07. The molecule has 2 aromatic heterocycles. The van der Waals surface area contributed by atoms with E-state index in [1.165, 1.54) is 18.5 Å². The number of pyridine rings is 1. The molecule has 2 rings (SSSR count). The fourth-order valence-electron chi connectivity index (χ4n) is 1.35. The number of aryl methyl sites for hydroxylation is 1. The first-order chi connectivity index (χ1) is 8.92. The summed E-state index contributed by atoms with van der Waals surface area (Å²) in [7, 11) is -3.76. The number of nitrogens with zero attached hydrogens (tertiary/aromatic N) is 2. The molecule has 0 fully saturated rings. The van der Waals surface area contributed by atoms with Crippen LogP contribution in [0.25, 0.3) is 0 Å². The molecule has 9 heteroatoms. The lowest BCUT2D eigenvalue weighted by atomic mass is 10.4. The number of hydrogen-bond acceptors (Lipinski definition) is 4. The molecular formula is C10H10BrClN4O2S. The van der Waals surface area contributed by atoms with Crippen molar-refractivity contribution in [2.75, 3.05) is 4.72 Å². The smallest absolute Gasteiger partial charge is 0.279 e. The zero-order valence-electron chi connectivity index (χ0n) is 9.81. The number of aromatic nitrogens is 3. The van der Waals surface area contributed by atoms with Crippen molar-refractivity contribution < 1.29 is 8.42 Å². The first-order valence-corrected chi connectivity index (χ1v) is 7.95. The van der Waals surface area contributed by atoms with Crippen LogP contribution in [0.4, 0.5) is 5.69 Å². The quantitative estimate of drug-likeness (QED) is 0.815. The predicted molar refractivity (Wildman–Crippen MR) is 75.7 cm³/mol. The van der Waals surface area contributed by atoms with Crippen molar-refractivity contribution in [3.8, 4) is 0 Å². The van der Waals surface area contributed by atoms with Gasteiger partial charge in [-0.25, -0.2) is 9.97 Å². The first kappa shape index (κ1) is 14.3. The maximum atomic E-state index is 12.1. The Balaban J connectivity index is 2.33. The molecule has 0 aliphatic carbocycles. The van der Waals surface area contributed by atoms with Gasteiger partial charge in [-0.1, -0.05) is 18.5 Å². The van der Waals surface area contributed by atoms with Crippen molar-refractivity contribution in [3.05, 3.63) is 33.9 Å². The van der Waals surface area contributed by atoms with Gasteiger partial charge in [-0.3, -0.25) is 4.72 Å². The van der Waals surface area contributed by atoms with Crippen molar-refractivity contribution in [1.82, 2.24) is 15.0 Å². The predicted octanol–water partition coefficient (Wildman–Crippen LogP) is 2.58. The van der Waals surface area contributed by atoms with E-state index in [0.717, 1.165) is 0 Å². The van der Waals surface area contributed by atoms with E-state index in [-0.39, 0.29) is 15.9 Å². The fraction of sp³-hybridized carbons (Fsp3) is 0.200. The van der Waals surface area contributed by atoms with Gasteiger partial charge in [0, 0.05) is 17.1 Å². The van der Waals surface area contributed by atoms with Crippen LogP contribution in [0.2, 0.25) is 5.15 Å². The molecule has 0 aromatic carbocycles. The summed E-state index contributed by atoms with van der Waals surface area (Å²) in [4.78, 5) is 10.5. The van der Waals surface area contributed by atoms with Gasteiger partial charge >= 0.3 is 0 Å². The molecule has 0 aliphatic heterocycles. The number of nitrogens with one attached hydrogen (secondary N) is 2. The van der Waals surface area contributed by atoms with Gasteiger partial charge in [0.05, 0.1) is 11.9 Å². The normalized spacial score (nSPS) is 11.5. The summed E-state index contributed by atoms with van der Waals surface area (Å²) in [5.41, 5.74) is 0.198. The molecule has 6 nitrogen and oxygen atoms in total. The molecule has 2 aromatic rings. The molecule has 0 atom stereocenters. The number of halogens is 2. The van der Waals surface area contributed by atoms with E-state index in [9.17, 15) is 8.42 Å². The van der Waals surface area contributed by atoms with Crippen LogP contribution in [0.3, 0.4) is 0 Å². The van der Waals surface area contributed by atoms with E-state index >= 15 is 0 Å². The summed E-state index contributed by atoms with van der Waals surface area (Å²) >= 11 is 9.04. The van der Waals surface area contributed by atoms with Crippen LogP contribution in [0.5, 0.6) is 0 Å². The topological polar surface area (TPSA) is 87.7 Å². The molecule has 0 bridgehead atoms. The third-order valence-corrected chi connectivity index (χ3v) is 4.29. The van der Waals surface area contributed by atoms with Gasteiger partial charge in [-0.05, 0) is 22.0 Å². The average Bonchev–Trinajstić information content (AvgIpc) is 2.83. The van der Waals surface area contributed by atoms with Crippen molar-refractivity contribution in [1.29, 1.82) is 0 Å². The maximum Gasteiger partial charge on any atom is 0.279 e. The summed E-state index contributed by atoms with van der Waals surface area (Å²) < 4.78 is 27.2. The Morgan fingerprint density at radius 2 is 2.16 bits per heavy atom. The first-order valence-electron chi connectivity index (χ1n) is 5.30. The Bertz CT molecular complexity index is 701. The van der Waals surface area contributed by atoms with Crippen LogP contribution in [0.15, 0.2) is 28.0 Å². The maximum absolute atomic E-state index is 12.1. The average molecular weight is 366 g/mol. The number of rotatable bonds is 4. The molecule has 0 radical (unpaired) electrons. The number of H-pyrrole nitrogens is 1. The Morgan fingerprint density at radius 1 is 1.42 bits per heavy atom. The second-order valence-electron chi connectivity index (χ2n) is 3.65. The molecule has 19 heavy (non-hydrogen) atoms. The molecule has 2 N–H and O–H groups in total. The second-order valence-corrected chi connectivity index (χ2v) is 6.57. The fourth-order valence-corrected chi connectivity index (χ4v) is 2.89. The SMILES string of the molecule is CCc1ncc(S(=O)(=O)Nc2cc(Br)cnc2Cl)[nH]1. The molecule has 102 valence electrons. The van der Waals surface area contributed by atoms with Gasteiger partial charge in [0.15, 0.2) is 10.2 Å². The zero-order chi connectivity index (χ0) is 14.0. The van der Waals surface area contributed by atoms with Gasteiger partial charge in [0.25, 0.3) is 10.0 Å². The largest absolute Gasteiger partial charge is 0.332 e. The van der Waals surface area contributed by atoms with Gasteiger partial charge < -0.3 is 4.98 Å². The highest BCUT2D eigenvalue weighted by Crippen LogP contribution is 2.25. The summed E-state index contributed by atoms with van der Waals surface area (Å²) in [5, 5.41) is 0.0578. The third kappa shape index (κ3) is 3.26. The van der Waals surface area contributed by atoms with E-state index in [1.807, 2.05) is 6.92 Å². The molecule has 2 heterocycles. The summed E-state index contributed by atoms with van der Waals surface area (Å²) in [6.45, 7) is 1.87. The molecule has 0 unspecified atom stereocenters. The molecular weight excluding hydrogens is 356 g/mol. The minimum atomic E-state index is -3.76. The van der Waals surface area contributed by atoms with E-state index in [0.29, 0.717) is 16.7 Å². The monoisotopic (exact) mass is 364 g/mol. The van der Waals surface area contributed by atoms with E-state index in [1.54, 1.807) is 0 Å². The van der Waals surface area contributed by atoms with Crippen LogP contribution in [-0.4, -0.2) is 23.4 Å². The van der Waals surface area contributed by atoms with Gasteiger partial charge in [0.1, 0.15) is 5.82 Å². The molecule has 0 aliphatic rings. The minimum absolute atomic E-state index is 0.0135. The lowest BCUT2D eigenvalue weighted by Crippen LogP contribution is -2.14. The van der Waals surface area contributed by atoms with E-state index < -0.39 is 10.0 Å². The number of sulfonamides is 1. The second kappa shape index (κ2) is 5.48. The van der Waals surface area contributed by atoms with Crippen LogP contribution in [0.1, 0.15) is 12.7 Å². The van der Waals surface area contributed by atoms with Crippen molar-refractivity contribution in [2.24, 2.45) is 0 Å². The minimum Gasteiger partial charge on any atom is -0.332 e. The van der Waals surface area contributed by atoms with Crippen LogP contribution in [0, 0.1) is 0 Å². The standard InChI is InChI=1S/C10H10BrClN4O2S/c1-2-8-13-5-9(15-8)19(17,18)16-7-3-6(11)4-14-10(7)12/h3-5,16H,2H2,1H3,(H,13,15). The van der Waals surface area contributed by atoms with Crippen molar-refractivity contribution in [3.63, 3.8) is 0 Å². The molecule has 0 amide bonds. The summed E-state index contributed by atoms with van der Waals surface area (Å²) in [6.07, 6.45) is 3.36. The van der Waals surface area contributed by atoms with Gasteiger partial charge in [-0.15, -0.1) is 0 Å². The molecule has 0 saturated carbocycles. The van der Waals surface area contributed by atoms with Crippen LogP contribution >= 0.6 is 27.5 Å². The Hall–Kier alpha value is -1.12. The molecule has 0 spiro atoms. The van der Waals surface area contributed by atoms with Gasteiger partial charge in [-0.2, -0.15) is 8.42 Å². The Morgan fingerprint density at radius 3 is 2.79 bits per heavy atom. The number of aromatic amines is 1. The number of anilines is 1. The van der Waals surface area contributed by atoms with Gasteiger partial charge in [0.2, 0.25) is 0 Å².